The van der Waals surface area contributed by atoms with E-state index < -0.39 is 10.0 Å². The fourth-order valence-corrected chi connectivity index (χ4v) is 5.02. The number of aromatic nitrogens is 1. The van der Waals surface area contributed by atoms with Gasteiger partial charge in [-0.1, -0.05) is 17.3 Å². The van der Waals surface area contributed by atoms with Crippen molar-refractivity contribution in [2.24, 2.45) is 0 Å². The molecule has 3 aromatic carbocycles. The van der Waals surface area contributed by atoms with Gasteiger partial charge in [0.2, 0.25) is 0 Å². The summed E-state index contributed by atoms with van der Waals surface area (Å²) in [5, 5.41) is 4.91. The number of hydrogen-bond donors (Lipinski definition) is 1. The molecule has 33 heavy (non-hydrogen) atoms. The van der Waals surface area contributed by atoms with Gasteiger partial charge in [0.15, 0.2) is 5.58 Å². The maximum Gasteiger partial charge on any atom is 0.261 e. The predicted molar refractivity (Wildman–Crippen MR) is 135 cm³/mol. The van der Waals surface area contributed by atoms with Crippen molar-refractivity contribution in [2.75, 3.05) is 18.3 Å². The Morgan fingerprint density at radius 2 is 1.88 bits per heavy atom. The first-order chi connectivity index (χ1) is 15.8. The lowest BCUT2D eigenvalue weighted by Crippen LogP contribution is -2.20. The number of sulfonamides is 1. The van der Waals surface area contributed by atoms with Gasteiger partial charge in [0.05, 0.1) is 10.6 Å². The topological polar surface area (TPSA) is 75.4 Å². The summed E-state index contributed by atoms with van der Waals surface area (Å²) in [5.41, 5.74) is 2.82. The average molecular weight is 579 g/mol. The fraction of sp³-hybridized carbons (Fsp3) is 0.208. The molecule has 6 nitrogen and oxygen atoms in total. The minimum atomic E-state index is -3.64. The Balaban J connectivity index is 1.33. The number of benzene rings is 3. The number of fused-ring (bicyclic) bond motifs is 1. The van der Waals surface area contributed by atoms with Gasteiger partial charge in [-0.25, -0.2) is 12.8 Å². The van der Waals surface area contributed by atoms with Gasteiger partial charge in [-0.3, -0.25) is 4.72 Å². The molecule has 0 spiro atoms. The van der Waals surface area contributed by atoms with Crippen LogP contribution in [0, 0.1) is 9.39 Å². The number of aryl methyl sites for hydroxylation is 1. The molecule has 0 atom stereocenters. The smallest absolute Gasteiger partial charge is 0.261 e. The molecule has 0 aliphatic carbocycles. The monoisotopic (exact) mass is 579 g/mol. The highest BCUT2D eigenvalue weighted by molar-refractivity contribution is 14.1. The molecule has 0 unspecified atom stereocenters. The molecular weight excluding hydrogens is 556 g/mol. The molecule has 0 saturated carbocycles. The minimum absolute atomic E-state index is 0.230. The molecule has 4 rings (SSSR count). The lowest BCUT2D eigenvalue weighted by atomic mass is 10.1. The molecule has 0 radical (unpaired) electrons. The Bertz CT molecular complexity index is 1360. The molecule has 0 amide bonds. The molecule has 172 valence electrons. The van der Waals surface area contributed by atoms with E-state index in [9.17, 15) is 12.8 Å². The average Bonchev–Trinajstić information content (AvgIpc) is 3.16. The van der Waals surface area contributed by atoms with E-state index in [4.69, 9.17) is 4.52 Å². The molecule has 9 heteroatoms. The van der Waals surface area contributed by atoms with E-state index in [0.717, 1.165) is 39.6 Å². The number of hydrogen-bond acceptors (Lipinski definition) is 5. The molecule has 4 aromatic rings. The molecule has 1 aromatic heterocycles. The Kier molecular flexibility index (Phi) is 7.30. The largest absolute Gasteiger partial charge is 0.356 e. The van der Waals surface area contributed by atoms with Gasteiger partial charge >= 0.3 is 0 Å². The summed E-state index contributed by atoms with van der Waals surface area (Å²) in [6, 6.07) is 18.6. The zero-order valence-corrected chi connectivity index (χ0v) is 20.9. The molecule has 0 saturated heterocycles. The van der Waals surface area contributed by atoms with Gasteiger partial charge in [0.25, 0.3) is 10.0 Å². The summed E-state index contributed by atoms with van der Waals surface area (Å²) in [7, 11) is -1.63. The lowest BCUT2D eigenvalue weighted by Gasteiger charge is -2.17. The maximum atomic E-state index is 13.3. The molecule has 0 bridgehead atoms. The van der Waals surface area contributed by atoms with Crippen molar-refractivity contribution in [3.05, 3.63) is 87.4 Å². The summed E-state index contributed by atoms with van der Waals surface area (Å²) < 4.78 is 47.4. The second-order valence-corrected chi connectivity index (χ2v) is 10.8. The van der Waals surface area contributed by atoms with E-state index >= 15 is 0 Å². The second kappa shape index (κ2) is 10.2. The summed E-state index contributed by atoms with van der Waals surface area (Å²) in [6.07, 6.45) is 1.58. The standard InChI is InChI=1S/C24H23FIN3O3S/c1-29(13-3-6-23-22-12-7-18(25)15-24(22)32-27-23)16-17-4-2-5-20(14-17)28-33(30,31)21-10-8-19(26)9-11-21/h2,4-5,7-12,14-15,28H,3,6,13,16H2,1H3. The van der Waals surface area contributed by atoms with Crippen molar-refractivity contribution in [3.8, 4) is 0 Å². The number of anilines is 1. The van der Waals surface area contributed by atoms with Gasteiger partial charge in [-0.15, -0.1) is 0 Å². The first-order valence-corrected chi connectivity index (χ1v) is 13.0. The summed E-state index contributed by atoms with van der Waals surface area (Å²) in [6.45, 7) is 1.48. The third-order valence-electron chi connectivity index (χ3n) is 5.22. The van der Waals surface area contributed by atoms with Crippen molar-refractivity contribution >= 4 is 49.3 Å². The third-order valence-corrected chi connectivity index (χ3v) is 7.33. The van der Waals surface area contributed by atoms with Crippen LogP contribution in [0.25, 0.3) is 11.0 Å². The van der Waals surface area contributed by atoms with Crippen LogP contribution in [0.5, 0.6) is 0 Å². The van der Waals surface area contributed by atoms with E-state index in [1.807, 2.05) is 25.2 Å². The van der Waals surface area contributed by atoms with E-state index in [1.165, 1.54) is 12.1 Å². The first kappa shape index (κ1) is 23.7. The van der Waals surface area contributed by atoms with Crippen LogP contribution < -0.4 is 4.72 Å². The van der Waals surface area contributed by atoms with Gasteiger partial charge in [0.1, 0.15) is 5.82 Å². The molecule has 0 aliphatic heterocycles. The van der Waals surface area contributed by atoms with Gasteiger partial charge in [-0.2, -0.15) is 0 Å². The molecular formula is C24H23FIN3O3S. The highest BCUT2D eigenvalue weighted by atomic mass is 127. The fourth-order valence-electron chi connectivity index (χ4n) is 3.61. The van der Waals surface area contributed by atoms with E-state index in [2.05, 4.69) is 37.4 Å². The first-order valence-electron chi connectivity index (χ1n) is 10.4. The van der Waals surface area contributed by atoms with E-state index in [0.29, 0.717) is 17.8 Å². The van der Waals surface area contributed by atoms with Gasteiger partial charge in [-0.05, 0) is 103 Å². The summed E-state index contributed by atoms with van der Waals surface area (Å²) in [4.78, 5) is 2.39. The van der Waals surface area contributed by atoms with Crippen LogP contribution in [-0.4, -0.2) is 32.1 Å². The number of nitrogens with zero attached hydrogens (tertiary/aromatic N) is 2. The molecule has 0 aliphatic rings. The maximum absolute atomic E-state index is 13.3. The van der Waals surface area contributed by atoms with Crippen molar-refractivity contribution in [2.45, 2.75) is 24.3 Å². The van der Waals surface area contributed by atoms with Crippen molar-refractivity contribution in [3.63, 3.8) is 0 Å². The Labute approximate surface area is 206 Å². The Morgan fingerprint density at radius 3 is 2.67 bits per heavy atom. The number of nitrogens with one attached hydrogen (secondary N) is 1. The highest BCUT2D eigenvalue weighted by Crippen LogP contribution is 2.21. The number of rotatable bonds is 9. The van der Waals surface area contributed by atoms with E-state index in [-0.39, 0.29) is 10.7 Å². The van der Waals surface area contributed by atoms with Gasteiger partial charge in [0, 0.05) is 27.3 Å². The van der Waals surface area contributed by atoms with Gasteiger partial charge < -0.3 is 9.42 Å². The lowest BCUT2D eigenvalue weighted by molar-refractivity contribution is 0.320. The SMILES string of the molecule is CN(CCCc1noc2cc(F)ccc12)Cc1cccc(NS(=O)(=O)c2ccc(I)cc2)c1. The molecule has 1 heterocycles. The minimum Gasteiger partial charge on any atom is -0.356 e. The third kappa shape index (κ3) is 6.10. The van der Waals surface area contributed by atoms with Crippen LogP contribution >= 0.6 is 22.6 Å². The molecule has 0 fully saturated rings. The zero-order valence-electron chi connectivity index (χ0n) is 18.0. The normalized spacial score (nSPS) is 11.9. The van der Waals surface area contributed by atoms with Crippen molar-refractivity contribution in [1.29, 1.82) is 0 Å². The van der Waals surface area contributed by atoms with Crippen LogP contribution in [0.15, 0.2) is 76.1 Å². The second-order valence-electron chi connectivity index (χ2n) is 7.87. The van der Waals surface area contributed by atoms with Crippen molar-refractivity contribution in [1.82, 2.24) is 10.1 Å². The van der Waals surface area contributed by atoms with Crippen LogP contribution in [0.1, 0.15) is 17.7 Å². The van der Waals surface area contributed by atoms with Crippen LogP contribution in [-0.2, 0) is 23.0 Å². The quantitative estimate of drug-likeness (QED) is 0.268. The van der Waals surface area contributed by atoms with Crippen LogP contribution in [0.4, 0.5) is 10.1 Å². The molecule has 1 N–H and O–H groups in total. The highest BCUT2D eigenvalue weighted by Gasteiger charge is 2.14. The summed E-state index contributed by atoms with van der Waals surface area (Å²) in [5.74, 6) is -0.340. The zero-order chi connectivity index (χ0) is 23.4. The Hall–Kier alpha value is -2.50. The van der Waals surface area contributed by atoms with Crippen LogP contribution in [0.2, 0.25) is 0 Å². The Morgan fingerprint density at radius 1 is 1.09 bits per heavy atom. The van der Waals surface area contributed by atoms with Crippen LogP contribution in [0.3, 0.4) is 0 Å². The summed E-state index contributed by atoms with van der Waals surface area (Å²) >= 11 is 2.14. The number of halogens is 2. The van der Waals surface area contributed by atoms with E-state index in [1.54, 1.807) is 36.4 Å². The van der Waals surface area contributed by atoms with Crippen molar-refractivity contribution < 1.29 is 17.3 Å². The predicted octanol–water partition coefficient (Wildman–Crippen LogP) is 5.44.